The first-order chi connectivity index (χ1) is 10.1. The fourth-order valence-corrected chi connectivity index (χ4v) is 2.32. The van der Waals surface area contributed by atoms with Crippen LogP contribution in [0.5, 0.6) is 11.6 Å². The summed E-state index contributed by atoms with van der Waals surface area (Å²) in [5, 5.41) is 9.06. The topological polar surface area (TPSA) is 71.9 Å². The minimum Gasteiger partial charge on any atom is -0.457 e. The SMILES string of the molecule is Cc1cc(C#N)cc(C)c1Oc1nc(Cl)nc2ccoc12. The van der Waals surface area contributed by atoms with Crippen LogP contribution in [-0.2, 0) is 0 Å². The molecule has 0 saturated heterocycles. The molecule has 1 aromatic carbocycles. The first-order valence-electron chi connectivity index (χ1n) is 6.18. The number of rotatable bonds is 2. The molecule has 3 rings (SSSR count). The predicted octanol–water partition coefficient (Wildman–Crippen LogP) is 4.16. The van der Waals surface area contributed by atoms with Crippen LogP contribution in [0.25, 0.3) is 11.1 Å². The van der Waals surface area contributed by atoms with E-state index in [2.05, 4.69) is 16.0 Å². The third kappa shape index (κ3) is 2.41. The van der Waals surface area contributed by atoms with Gasteiger partial charge in [-0.2, -0.15) is 10.2 Å². The van der Waals surface area contributed by atoms with Crippen molar-refractivity contribution in [1.29, 1.82) is 5.26 Å². The molecule has 0 saturated carbocycles. The maximum Gasteiger partial charge on any atom is 0.268 e. The van der Waals surface area contributed by atoms with E-state index in [9.17, 15) is 0 Å². The standard InChI is InChI=1S/C15H10ClN3O2/c1-8-5-10(7-17)6-9(2)12(8)21-14-13-11(3-4-20-13)18-15(16)19-14/h3-6H,1-2H3. The van der Waals surface area contributed by atoms with E-state index in [4.69, 9.17) is 26.0 Å². The Labute approximate surface area is 125 Å². The van der Waals surface area contributed by atoms with Gasteiger partial charge >= 0.3 is 0 Å². The Bertz CT molecular complexity index is 857. The van der Waals surface area contributed by atoms with Crippen molar-refractivity contribution in [3.05, 3.63) is 46.4 Å². The van der Waals surface area contributed by atoms with Gasteiger partial charge in [0.15, 0.2) is 0 Å². The van der Waals surface area contributed by atoms with E-state index < -0.39 is 0 Å². The van der Waals surface area contributed by atoms with Gasteiger partial charge in [0.05, 0.1) is 17.9 Å². The number of nitrogens with zero attached hydrogens (tertiary/aromatic N) is 3. The van der Waals surface area contributed by atoms with Crippen LogP contribution in [-0.4, -0.2) is 9.97 Å². The first-order valence-corrected chi connectivity index (χ1v) is 6.56. The second-order valence-electron chi connectivity index (χ2n) is 4.59. The van der Waals surface area contributed by atoms with Gasteiger partial charge in [-0.05, 0) is 48.7 Å². The molecule has 0 radical (unpaired) electrons. The molecule has 0 aliphatic rings. The molecule has 0 amide bonds. The summed E-state index contributed by atoms with van der Waals surface area (Å²) in [6.07, 6.45) is 1.50. The van der Waals surface area contributed by atoms with Gasteiger partial charge in [0.1, 0.15) is 11.3 Å². The van der Waals surface area contributed by atoms with Crippen LogP contribution < -0.4 is 4.74 Å². The van der Waals surface area contributed by atoms with E-state index in [0.717, 1.165) is 11.1 Å². The van der Waals surface area contributed by atoms with Gasteiger partial charge in [-0.15, -0.1) is 0 Å². The zero-order valence-electron chi connectivity index (χ0n) is 11.3. The summed E-state index contributed by atoms with van der Waals surface area (Å²) in [6.45, 7) is 3.73. The fourth-order valence-electron chi connectivity index (χ4n) is 2.15. The van der Waals surface area contributed by atoms with Crippen LogP contribution in [0.2, 0.25) is 5.28 Å². The Morgan fingerprint density at radius 2 is 1.95 bits per heavy atom. The first kappa shape index (κ1) is 13.4. The summed E-state index contributed by atoms with van der Waals surface area (Å²) in [5.41, 5.74) is 3.26. The molecule has 3 aromatic rings. The summed E-state index contributed by atoms with van der Waals surface area (Å²) in [5.74, 6) is 0.882. The minimum atomic E-state index is 0.0860. The number of hydrogen-bond acceptors (Lipinski definition) is 5. The highest BCUT2D eigenvalue weighted by atomic mass is 35.5. The Balaban J connectivity index is 2.11. The lowest BCUT2D eigenvalue weighted by Crippen LogP contribution is -1.96. The molecule has 0 spiro atoms. The van der Waals surface area contributed by atoms with E-state index in [0.29, 0.717) is 22.4 Å². The van der Waals surface area contributed by atoms with Gasteiger partial charge in [0.2, 0.25) is 10.9 Å². The Morgan fingerprint density at radius 1 is 1.24 bits per heavy atom. The molecule has 6 heteroatoms. The second kappa shape index (κ2) is 5.08. The highest BCUT2D eigenvalue weighted by Gasteiger charge is 2.15. The summed E-state index contributed by atoms with van der Waals surface area (Å²) in [7, 11) is 0. The normalized spacial score (nSPS) is 10.6. The van der Waals surface area contributed by atoms with Crippen molar-refractivity contribution < 1.29 is 9.15 Å². The molecule has 0 fully saturated rings. The van der Waals surface area contributed by atoms with Crippen molar-refractivity contribution in [3.63, 3.8) is 0 Å². The summed E-state index contributed by atoms with van der Waals surface area (Å²) in [6, 6.07) is 7.31. The lowest BCUT2D eigenvalue weighted by Gasteiger charge is -2.11. The van der Waals surface area contributed by atoms with E-state index in [1.54, 1.807) is 18.2 Å². The summed E-state index contributed by atoms with van der Waals surface area (Å²) >= 11 is 5.89. The van der Waals surface area contributed by atoms with Gasteiger partial charge < -0.3 is 9.15 Å². The molecule has 21 heavy (non-hydrogen) atoms. The molecular weight excluding hydrogens is 290 g/mol. The van der Waals surface area contributed by atoms with Crippen LogP contribution in [0.3, 0.4) is 0 Å². The summed E-state index contributed by atoms with van der Waals surface area (Å²) in [4.78, 5) is 8.11. The number of ether oxygens (including phenoxy) is 1. The maximum atomic E-state index is 8.97. The number of fused-ring (bicyclic) bond motifs is 1. The van der Waals surface area contributed by atoms with Crippen LogP contribution >= 0.6 is 11.6 Å². The quantitative estimate of drug-likeness (QED) is 0.664. The zero-order chi connectivity index (χ0) is 15.0. The molecular formula is C15H10ClN3O2. The molecule has 5 nitrogen and oxygen atoms in total. The molecule has 104 valence electrons. The number of furan rings is 1. The largest absolute Gasteiger partial charge is 0.457 e. The number of hydrogen-bond donors (Lipinski definition) is 0. The van der Waals surface area contributed by atoms with Gasteiger partial charge in [-0.25, -0.2) is 4.98 Å². The van der Waals surface area contributed by atoms with Crippen LogP contribution in [0.4, 0.5) is 0 Å². The average Bonchev–Trinajstić information content (AvgIpc) is 2.90. The number of benzene rings is 1. The molecule has 0 N–H and O–H groups in total. The number of halogens is 1. The minimum absolute atomic E-state index is 0.0860. The highest BCUT2D eigenvalue weighted by Crippen LogP contribution is 2.33. The van der Waals surface area contributed by atoms with Crippen LogP contribution in [0.1, 0.15) is 16.7 Å². The molecule has 0 unspecified atom stereocenters. The van der Waals surface area contributed by atoms with Crippen molar-refractivity contribution in [2.45, 2.75) is 13.8 Å². The van der Waals surface area contributed by atoms with Crippen molar-refractivity contribution in [1.82, 2.24) is 9.97 Å². The second-order valence-corrected chi connectivity index (χ2v) is 4.92. The van der Waals surface area contributed by atoms with Crippen LogP contribution in [0, 0.1) is 25.2 Å². The molecule has 0 aliphatic carbocycles. The molecule has 0 bridgehead atoms. The Hall–Kier alpha value is -2.58. The third-order valence-electron chi connectivity index (χ3n) is 3.03. The maximum absolute atomic E-state index is 8.97. The van der Waals surface area contributed by atoms with E-state index in [-0.39, 0.29) is 11.2 Å². The van der Waals surface area contributed by atoms with Crippen molar-refractivity contribution in [2.75, 3.05) is 0 Å². The lowest BCUT2D eigenvalue weighted by atomic mass is 10.1. The predicted molar refractivity (Wildman–Crippen MR) is 77.5 cm³/mol. The number of nitriles is 1. The Morgan fingerprint density at radius 3 is 2.62 bits per heavy atom. The number of aromatic nitrogens is 2. The van der Waals surface area contributed by atoms with Crippen molar-refractivity contribution in [2.24, 2.45) is 0 Å². The van der Waals surface area contributed by atoms with Crippen molar-refractivity contribution in [3.8, 4) is 17.7 Å². The van der Waals surface area contributed by atoms with Gasteiger partial charge in [0, 0.05) is 6.07 Å². The molecule has 2 aromatic heterocycles. The van der Waals surface area contributed by atoms with Gasteiger partial charge in [-0.3, -0.25) is 0 Å². The smallest absolute Gasteiger partial charge is 0.268 e. The molecule has 2 heterocycles. The molecule has 0 atom stereocenters. The molecule has 0 aliphatic heterocycles. The summed E-state index contributed by atoms with van der Waals surface area (Å²) < 4.78 is 11.2. The number of aryl methyl sites for hydroxylation is 2. The highest BCUT2D eigenvalue weighted by molar-refractivity contribution is 6.28. The average molecular weight is 300 g/mol. The monoisotopic (exact) mass is 299 g/mol. The lowest BCUT2D eigenvalue weighted by molar-refractivity contribution is 0.447. The van der Waals surface area contributed by atoms with Crippen molar-refractivity contribution >= 4 is 22.7 Å². The van der Waals surface area contributed by atoms with E-state index in [1.165, 1.54) is 6.26 Å². The third-order valence-corrected chi connectivity index (χ3v) is 3.20. The van der Waals surface area contributed by atoms with E-state index >= 15 is 0 Å². The Kier molecular flexibility index (Phi) is 3.24. The fraction of sp³-hybridized carbons (Fsp3) is 0.133. The van der Waals surface area contributed by atoms with Crippen LogP contribution in [0.15, 0.2) is 28.9 Å². The van der Waals surface area contributed by atoms with Gasteiger partial charge in [0.25, 0.3) is 5.88 Å². The van der Waals surface area contributed by atoms with Gasteiger partial charge in [-0.1, -0.05) is 0 Å². The zero-order valence-corrected chi connectivity index (χ0v) is 12.1. The van der Waals surface area contributed by atoms with E-state index in [1.807, 2.05) is 13.8 Å².